The number of aliphatic hydroxyl groups excluding tert-OH is 2. The predicted molar refractivity (Wildman–Crippen MR) is 58.4 cm³/mol. The fourth-order valence-electron chi connectivity index (χ4n) is 1.42. The SMILES string of the molecule is O=C(NC(CO)CO)c1cnn2ccncc12. The molecule has 2 aromatic heterocycles. The van der Waals surface area contributed by atoms with Gasteiger partial charge in [0, 0.05) is 12.4 Å². The molecule has 7 heteroatoms. The van der Waals surface area contributed by atoms with E-state index in [9.17, 15) is 4.79 Å². The molecular weight excluding hydrogens is 224 g/mol. The zero-order valence-corrected chi connectivity index (χ0v) is 8.95. The van der Waals surface area contributed by atoms with Crippen LogP contribution >= 0.6 is 0 Å². The van der Waals surface area contributed by atoms with Crippen molar-refractivity contribution >= 4 is 11.4 Å². The Morgan fingerprint density at radius 2 is 2.18 bits per heavy atom. The molecule has 0 saturated carbocycles. The third-order valence-electron chi connectivity index (χ3n) is 2.35. The van der Waals surface area contributed by atoms with Crippen molar-refractivity contribution in [2.24, 2.45) is 0 Å². The normalized spacial score (nSPS) is 11.0. The number of rotatable bonds is 4. The lowest BCUT2D eigenvalue weighted by atomic mass is 10.2. The van der Waals surface area contributed by atoms with Crippen LogP contribution in [0.1, 0.15) is 10.4 Å². The molecule has 7 nitrogen and oxygen atoms in total. The maximum Gasteiger partial charge on any atom is 0.255 e. The van der Waals surface area contributed by atoms with Crippen LogP contribution in [0.3, 0.4) is 0 Å². The first-order valence-corrected chi connectivity index (χ1v) is 5.06. The number of carbonyl (C=O) groups is 1. The van der Waals surface area contributed by atoms with E-state index in [1.807, 2.05) is 0 Å². The van der Waals surface area contributed by atoms with E-state index in [1.165, 1.54) is 16.9 Å². The number of hydrogen-bond acceptors (Lipinski definition) is 5. The molecule has 17 heavy (non-hydrogen) atoms. The number of aliphatic hydroxyl groups is 2. The van der Waals surface area contributed by atoms with Crippen LogP contribution in [0.15, 0.2) is 24.8 Å². The Hall–Kier alpha value is -1.99. The van der Waals surface area contributed by atoms with Crippen molar-refractivity contribution in [3.05, 3.63) is 30.4 Å². The van der Waals surface area contributed by atoms with Gasteiger partial charge in [-0.15, -0.1) is 0 Å². The second-order valence-corrected chi connectivity index (χ2v) is 3.50. The standard InChI is InChI=1S/C10H12N4O3/c15-5-7(6-16)13-10(17)8-3-12-14-2-1-11-4-9(8)14/h1-4,7,15-16H,5-6H2,(H,13,17). The maximum absolute atomic E-state index is 11.8. The summed E-state index contributed by atoms with van der Waals surface area (Å²) in [6.07, 6.45) is 6.13. The monoisotopic (exact) mass is 236 g/mol. The van der Waals surface area contributed by atoms with Gasteiger partial charge in [0.1, 0.15) is 0 Å². The van der Waals surface area contributed by atoms with Gasteiger partial charge in [0.05, 0.1) is 42.7 Å². The highest BCUT2D eigenvalue weighted by atomic mass is 16.3. The number of nitrogens with one attached hydrogen (secondary N) is 1. The average Bonchev–Trinajstić information content (AvgIpc) is 2.79. The molecule has 90 valence electrons. The minimum Gasteiger partial charge on any atom is -0.394 e. The molecule has 2 aromatic rings. The molecule has 0 aliphatic carbocycles. The van der Waals surface area contributed by atoms with E-state index in [0.717, 1.165) is 0 Å². The highest BCUT2D eigenvalue weighted by Gasteiger charge is 2.16. The first kappa shape index (κ1) is 11.5. The van der Waals surface area contributed by atoms with Crippen LogP contribution in [-0.2, 0) is 0 Å². The van der Waals surface area contributed by atoms with Gasteiger partial charge in [-0.1, -0.05) is 0 Å². The molecule has 0 unspecified atom stereocenters. The van der Waals surface area contributed by atoms with Crippen molar-refractivity contribution in [1.82, 2.24) is 19.9 Å². The van der Waals surface area contributed by atoms with Crippen LogP contribution < -0.4 is 5.32 Å². The van der Waals surface area contributed by atoms with Crippen molar-refractivity contribution in [2.75, 3.05) is 13.2 Å². The van der Waals surface area contributed by atoms with Crippen LogP contribution in [0.2, 0.25) is 0 Å². The van der Waals surface area contributed by atoms with E-state index in [-0.39, 0.29) is 13.2 Å². The summed E-state index contributed by atoms with van der Waals surface area (Å²) < 4.78 is 1.52. The Balaban J connectivity index is 2.25. The number of fused-ring (bicyclic) bond motifs is 1. The van der Waals surface area contributed by atoms with Crippen LogP contribution in [-0.4, -0.2) is 50.0 Å². The van der Waals surface area contributed by atoms with Crippen LogP contribution in [0.4, 0.5) is 0 Å². The molecule has 0 fully saturated rings. The number of hydrogen-bond donors (Lipinski definition) is 3. The Kier molecular flexibility index (Phi) is 3.31. The zero-order valence-electron chi connectivity index (χ0n) is 8.95. The molecule has 0 aromatic carbocycles. The van der Waals surface area contributed by atoms with Gasteiger partial charge in [-0.3, -0.25) is 9.78 Å². The summed E-state index contributed by atoms with van der Waals surface area (Å²) in [6.45, 7) is -0.639. The van der Waals surface area contributed by atoms with Crippen LogP contribution in [0.5, 0.6) is 0 Å². The fraction of sp³-hybridized carbons (Fsp3) is 0.300. The predicted octanol–water partition coefficient (Wildman–Crippen LogP) is -1.19. The Labute approximate surface area is 96.7 Å². The third kappa shape index (κ3) is 2.24. The van der Waals surface area contributed by atoms with E-state index >= 15 is 0 Å². The van der Waals surface area contributed by atoms with Crippen molar-refractivity contribution in [2.45, 2.75) is 6.04 Å². The average molecular weight is 236 g/mol. The van der Waals surface area contributed by atoms with Gasteiger partial charge in [-0.05, 0) is 0 Å². The quantitative estimate of drug-likeness (QED) is 0.620. The summed E-state index contributed by atoms with van der Waals surface area (Å²) in [7, 11) is 0. The lowest BCUT2D eigenvalue weighted by Crippen LogP contribution is -2.40. The summed E-state index contributed by atoms with van der Waals surface area (Å²) in [5.41, 5.74) is 0.921. The van der Waals surface area contributed by atoms with E-state index < -0.39 is 11.9 Å². The van der Waals surface area contributed by atoms with Crippen molar-refractivity contribution in [3.63, 3.8) is 0 Å². The molecule has 0 aliphatic heterocycles. The minimum absolute atomic E-state index is 0.320. The van der Waals surface area contributed by atoms with Gasteiger partial charge >= 0.3 is 0 Å². The smallest absolute Gasteiger partial charge is 0.255 e. The molecule has 0 atom stereocenters. The van der Waals surface area contributed by atoms with Crippen LogP contribution in [0.25, 0.3) is 5.52 Å². The molecule has 0 spiro atoms. The molecule has 3 N–H and O–H groups in total. The van der Waals surface area contributed by atoms with Gasteiger partial charge in [-0.2, -0.15) is 5.10 Å². The highest BCUT2D eigenvalue weighted by molar-refractivity contribution is 6.00. The van der Waals surface area contributed by atoms with Crippen LogP contribution in [0, 0.1) is 0 Å². The Morgan fingerprint density at radius 3 is 2.88 bits per heavy atom. The van der Waals surface area contributed by atoms with E-state index in [0.29, 0.717) is 11.1 Å². The summed E-state index contributed by atoms with van der Waals surface area (Å²) >= 11 is 0. The summed E-state index contributed by atoms with van der Waals surface area (Å²) in [6, 6.07) is -0.672. The minimum atomic E-state index is -0.672. The summed E-state index contributed by atoms with van der Waals surface area (Å²) in [5.74, 6) is -0.402. The highest BCUT2D eigenvalue weighted by Crippen LogP contribution is 2.08. The molecule has 0 saturated heterocycles. The van der Waals surface area contributed by atoms with Gasteiger partial charge in [0.2, 0.25) is 0 Å². The van der Waals surface area contributed by atoms with E-state index in [4.69, 9.17) is 10.2 Å². The first-order chi connectivity index (χ1) is 8.26. The molecular formula is C10H12N4O3. The van der Waals surface area contributed by atoms with Crippen molar-refractivity contribution in [3.8, 4) is 0 Å². The molecule has 2 heterocycles. The van der Waals surface area contributed by atoms with Gasteiger partial charge in [0.25, 0.3) is 5.91 Å². The lowest BCUT2D eigenvalue weighted by molar-refractivity contribution is 0.0881. The lowest BCUT2D eigenvalue weighted by Gasteiger charge is -2.12. The Morgan fingerprint density at radius 1 is 1.41 bits per heavy atom. The summed E-state index contributed by atoms with van der Waals surface area (Å²) in [4.78, 5) is 15.7. The molecule has 0 aliphatic rings. The molecule has 2 rings (SSSR count). The number of aromatic nitrogens is 3. The second kappa shape index (κ2) is 4.89. The second-order valence-electron chi connectivity index (χ2n) is 3.50. The van der Waals surface area contributed by atoms with Gasteiger partial charge in [-0.25, -0.2) is 4.52 Å². The molecule has 0 radical (unpaired) electrons. The maximum atomic E-state index is 11.8. The van der Waals surface area contributed by atoms with E-state index in [1.54, 1.807) is 12.4 Å². The number of carbonyl (C=O) groups excluding carboxylic acids is 1. The van der Waals surface area contributed by atoms with Gasteiger partial charge < -0.3 is 15.5 Å². The third-order valence-corrected chi connectivity index (χ3v) is 2.35. The van der Waals surface area contributed by atoms with E-state index in [2.05, 4.69) is 15.4 Å². The number of nitrogens with zero attached hydrogens (tertiary/aromatic N) is 3. The molecule has 1 amide bonds. The first-order valence-electron chi connectivity index (χ1n) is 5.06. The van der Waals surface area contributed by atoms with Gasteiger partial charge in [0.15, 0.2) is 0 Å². The molecule has 0 bridgehead atoms. The Bertz CT molecular complexity index is 521. The number of amides is 1. The summed E-state index contributed by atoms with van der Waals surface area (Å²) in [5, 5.41) is 24.2. The topological polar surface area (TPSA) is 99.8 Å². The largest absolute Gasteiger partial charge is 0.394 e. The van der Waals surface area contributed by atoms with Crippen molar-refractivity contribution < 1.29 is 15.0 Å². The zero-order chi connectivity index (χ0) is 12.3. The van der Waals surface area contributed by atoms with Crippen molar-refractivity contribution in [1.29, 1.82) is 0 Å². The fourth-order valence-corrected chi connectivity index (χ4v) is 1.42.